The number of nitrogens with zero attached hydrogens (tertiary/aromatic N) is 3. The second-order valence-corrected chi connectivity index (χ2v) is 5.28. The summed E-state index contributed by atoms with van der Waals surface area (Å²) in [6, 6.07) is 12.3. The maximum atomic E-state index is 12.4. The molecule has 0 aliphatic carbocycles. The fourth-order valence-corrected chi connectivity index (χ4v) is 2.32. The molecule has 1 aromatic carbocycles. The van der Waals surface area contributed by atoms with E-state index in [1.807, 2.05) is 12.1 Å². The van der Waals surface area contributed by atoms with Gasteiger partial charge in [-0.05, 0) is 18.2 Å². The van der Waals surface area contributed by atoms with Crippen molar-refractivity contribution in [2.45, 2.75) is 6.54 Å². The lowest BCUT2D eigenvalue weighted by Gasteiger charge is -2.11. The van der Waals surface area contributed by atoms with Crippen molar-refractivity contribution in [2.24, 2.45) is 0 Å². The van der Waals surface area contributed by atoms with Gasteiger partial charge in [0.2, 0.25) is 5.75 Å². The van der Waals surface area contributed by atoms with Gasteiger partial charge in [-0.25, -0.2) is 4.98 Å². The van der Waals surface area contributed by atoms with Crippen LogP contribution in [0.5, 0.6) is 17.4 Å². The zero-order valence-corrected chi connectivity index (χ0v) is 13.9. The Morgan fingerprint density at radius 2 is 1.88 bits per heavy atom. The smallest absolute Gasteiger partial charge is 0.274 e. The Kier molecular flexibility index (Phi) is 4.93. The third-order valence-electron chi connectivity index (χ3n) is 3.61. The first-order chi connectivity index (χ1) is 12.6. The van der Waals surface area contributed by atoms with E-state index in [0.29, 0.717) is 11.4 Å². The van der Waals surface area contributed by atoms with E-state index in [-0.39, 0.29) is 18.1 Å². The topological polar surface area (TPSA) is 117 Å². The Morgan fingerprint density at radius 3 is 2.62 bits per heavy atom. The van der Waals surface area contributed by atoms with E-state index in [1.54, 1.807) is 30.3 Å². The number of ether oxygens (including phenoxy) is 1. The lowest BCUT2D eigenvalue weighted by atomic mass is 10.2. The fourth-order valence-electron chi connectivity index (χ4n) is 2.32. The van der Waals surface area contributed by atoms with Crippen LogP contribution in [0.3, 0.4) is 0 Å². The van der Waals surface area contributed by atoms with E-state index in [2.05, 4.69) is 20.3 Å². The summed E-state index contributed by atoms with van der Waals surface area (Å²) in [6.45, 7) is 0.159. The van der Waals surface area contributed by atoms with Crippen molar-refractivity contribution in [1.29, 1.82) is 0 Å². The van der Waals surface area contributed by atoms with Crippen LogP contribution in [0.1, 0.15) is 16.1 Å². The minimum atomic E-state index is -0.692. The molecular formula is C18H16N4O4. The minimum absolute atomic E-state index is 0.0309. The number of methoxy groups -OCH3 is 1. The standard InChI is InChI=1S/C18H16N4O4/c1-26-13-8-3-2-6-11(13)10-20-17(24)14-15(23)18(25)22-16(21-14)12-7-4-5-9-19-12/h2-9,23H,10H2,1H3,(H,20,24)(H,21,22,25). The average Bonchev–Trinajstić information content (AvgIpc) is 2.69. The highest BCUT2D eigenvalue weighted by atomic mass is 16.5. The second-order valence-electron chi connectivity index (χ2n) is 5.28. The molecule has 2 aromatic heterocycles. The Bertz CT molecular complexity index is 932. The summed E-state index contributed by atoms with van der Waals surface area (Å²) in [5.41, 5.74) is 0.778. The molecule has 3 N–H and O–H groups in total. The number of nitrogens with one attached hydrogen (secondary N) is 1. The van der Waals surface area contributed by atoms with Crippen molar-refractivity contribution in [1.82, 2.24) is 20.3 Å². The Labute approximate surface area is 149 Å². The molecule has 8 nitrogen and oxygen atoms in total. The van der Waals surface area contributed by atoms with E-state index in [4.69, 9.17) is 4.74 Å². The number of benzene rings is 1. The number of carbonyl (C=O) groups is 1. The van der Waals surface area contributed by atoms with Gasteiger partial charge in [0.05, 0.1) is 7.11 Å². The van der Waals surface area contributed by atoms with Crippen molar-refractivity contribution < 1.29 is 19.7 Å². The molecular weight excluding hydrogens is 336 g/mol. The molecule has 0 unspecified atom stereocenters. The molecule has 0 aliphatic heterocycles. The largest absolute Gasteiger partial charge is 0.501 e. The molecule has 0 saturated carbocycles. The number of hydrogen-bond acceptors (Lipinski definition) is 7. The first-order valence-electron chi connectivity index (χ1n) is 7.71. The van der Waals surface area contributed by atoms with E-state index in [9.17, 15) is 15.0 Å². The number of aromatic nitrogens is 3. The van der Waals surface area contributed by atoms with Crippen LogP contribution in [0.25, 0.3) is 11.5 Å². The van der Waals surface area contributed by atoms with Gasteiger partial charge >= 0.3 is 0 Å². The van der Waals surface area contributed by atoms with Gasteiger partial charge in [-0.3, -0.25) is 9.78 Å². The van der Waals surface area contributed by atoms with Crippen LogP contribution in [0.2, 0.25) is 0 Å². The lowest BCUT2D eigenvalue weighted by molar-refractivity contribution is 0.0941. The van der Waals surface area contributed by atoms with Gasteiger partial charge < -0.3 is 20.3 Å². The monoisotopic (exact) mass is 352 g/mol. The number of aromatic hydroxyl groups is 2. The average molecular weight is 352 g/mol. The number of pyridine rings is 1. The summed E-state index contributed by atoms with van der Waals surface area (Å²) in [7, 11) is 1.54. The van der Waals surface area contributed by atoms with Gasteiger partial charge in [0.1, 0.15) is 11.4 Å². The van der Waals surface area contributed by atoms with Crippen LogP contribution in [-0.2, 0) is 6.54 Å². The number of rotatable bonds is 5. The lowest BCUT2D eigenvalue weighted by Crippen LogP contribution is -2.24. The second kappa shape index (κ2) is 7.47. The zero-order valence-electron chi connectivity index (χ0n) is 13.9. The first kappa shape index (κ1) is 17.2. The van der Waals surface area contributed by atoms with Crippen molar-refractivity contribution in [3.8, 4) is 28.9 Å². The summed E-state index contributed by atoms with van der Waals surface area (Å²) in [4.78, 5) is 24.3. The van der Waals surface area contributed by atoms with Gasteiger partial charge in [-0.2, -0.15) is 4.98 Å². The molecule has 0 radical (unpaired) electrons. The molecule has 3 rings (SSSR count). The van der Waals surface area contributed by atoms with Gasteiger partial charge in [0.15, 0.2) is 11.5 Å². The first-order valence-corrected chi connectivity index (χ1v) is 7.71. The summed E-state index contributed by atoms with van der Waals surface area (Å²) >= 11 is 0. The van der Waals surface area contributed by atoms with Crippen LogP contribution >= 0.6 is 0 Å². The number of para-hydroxylation sites is 1. The minimum Gasteiger partial charge on any atom is -0.501 e. The predicted molar refractivity (Wildman–Crippen MR) is 92.8 cm³/mol. The molecule has 0 fully saturated rings. The van der Waals surface area contributed by atoms with Gasteiger partial charge in [-0.15, -0.1) is 0 Å². The fraction of sp³-hybridized carbons (Fsp3) is 0.111. The number of amides is 1. The molecule has 0 spiro atoms. The van der Waals surface area contributed by atoms with Crippen LogP contribution in [0.15, 0.2) is 48.7 Å². The molecule has 0 saturated heterocycles. The third kappa shape index (κ3) is 3.54. The number of hydrogen-bond donors (Lipinski definition) is 3. The van der Waals surface area contributed by atoms with Crippen LogP contribution in [0.4, 0.5) is 0 Å². The zero-order chi connectivity index (χ0) is 18.5. The molecule has 1 amide bonds. The van der Waals surface area contributed by atoms with Crippen molar-refractivity contribution >= 4 is 5.91 Å². The SMILES string of the molecule is COc1ccccc1CNC(=O)c1nc(-c2ccccn2)nc(O)c1O. The predicted octanol–water partition coefficient (Wildman–Crippen LogP) is 1.89. The van der Waals surface area contributed by atoms with Crippen molar-refractivity contribution in [3.63, 3.8) is 0 Å². The van der Waals surface area contributed by atoms with Crippen LogP contribution < -0.4 is 10.1 Å². The maximum absolute atomic E-state index is 12.4. The molecule has 8 heteroatoms. The van der Waals surface area contributed by atoms with Gasteiger partial charge in [0.25, 0.3) is 11.8 Å². The Balaban J connectivity index is 1.86. The molecule has 0 aliphatic rings. The molecule has 0 atom stereocenters. The van der Waals surface area contributed by atoms with E-state index in [1.165, 1.54) is 13.3 Å². The van der Waals surface area contributed by atoms with Crippen molar-refractivity contribution in [3.05, 3.63) is 59.9 Å². The summed E-state index contributed by atoms with van der Waals surface area (Å²) in [6.07, 6.45) is 1.53. The third-order valence-corrected chi connectivity index (χ3v) is 3.61. The highest BCUT2D eigenvalue weighted by Gasteiger charge is 2.20. The highest BCUT2D eigenvalue weighted by molar-refractivity contribution is 5.95. The molecule has 132 valence electrons. The molecule has 3 aromatic rings. The summed E-state index contributed by atoms with van der Waals surface area (Å²) in [5.74, 6) is -1.39. The van der Waals surface area contributed by atoms with Gasteiger partial charge in [0, 0.05) is 18.3 Å². The summed E-state index contributed by atoms with van der Waals surface area (Å²) in [5, 5.41) is 22.4. The van der Waals surface area contributed by atoms with E-state index >= 15 is 0 Å². The highest BCUT2D eigenvalue weighted by Crippen LogP contribution is 2.28. The quantitative estimate of drug-likeness (QED) is 0.642. The van der Waals surface area contributed by atoms with Crippen molar-refractivity contribution in [2.75, 3.05) is 7.11 Å². The maximum Gasteiger partial charge on any atom is 0.274 e. The van der Waals surface area contributed by atoms with E-state index < -0.39 is 17.5 Å². The molecule has 2 heterocycles. The Hall–Kier alpha value is -3.68. The summed E-state index contributed by atoms with van der Waals surface area (Å²) < 4.78 is 5.23. The molecule has 26 heavy (non-hydrogen) atoms. The Morgan fingerprint density at radius 1 is 1.12 bits per heavy atom. The van der Waals surface area contributed by atoms with Crippen LogP contribution in [0, 0.1) is 0 Å². The normalized spacial score (nSPS) is 10.3. The molecule has 0 bridgehead atoms. The van der Waals surface area contributed by atoms with Crippen LogP contribution in [-0.4, -0.2) is 38.2 Å². The number of carbonyl (C=O) groups excluding carboxylic acids is 1. The van der Waals surface area contributed by atoms with E-state index in [0.717, 1.165) is 5.56 Å². The van der Waals surface area contributed by atoms with Gasteiger partial charge in [-0.1, -0.05) is 24.3 Å².